The summed E-state index contributed by atoms with van der Waals surface area (Å²) in [6.45, 7) is 1.03. The molecule has 38 heavy (non-hydrogen) atoms. The fourth-order valence-electron chi connectivity index (χ4n) is 3.52. The topological polar surface area (TPSA) is 55.4 Å². The highest BCUT2D eigenvalue weighted by Crippen LogP contribution is 2.60. The number of alkyl halides is 13. The number of nitrogens with one attached hydrogen (secondary N) is 1. The molecule has 0 aromatic carbocycles. The van der Waals surface area contributed by atoms with Gasteiger partial charge in [-0.3, -0.25) is 4.79 Å². The lowest BCUT2D eigenvalue weighted by molar-refractivity contribution is -0.435. The lowest BCUT2D eigenvalue weighted by atomic mass is 9.93. The third kappa shape index (κ3) is 5.03. The summed E-state index contributed by atoms with van der Waals surface area (Å²) in [5.74, 6) is -43.6. The first-order chi connectivity index (χ1) is 17.1. The predicted molar refractivity (Wildman–Crippen MR) is 106 cm³/mol. The van der Waals surface area contributed by atoms with E-state index in [0.29, 0.717) is 41.9 Å². The zero-order valence-corrected chi connectivity index (χ0v) is 19.8. The molecule has 0 aliphatic heterocycles. The van der Waals surface area contributed by atoms with Gasteiger partial charge in [0.05, 0.1) is 12.2 Å². The molecule has 1 aromatic heterocycles. The van der Waals surface area contributed by atoms with E-state index in [1.54, 1.807) is 0 Å². The van der Waals surface area contributed by atoms with Gasteiger partial charge in [0.1, 0.15) is 5.00 Å². The SMILES string of the molecule is CCOC(=O)c1c(NC(=O)C(F)(F)C(F)(F)C(F)(F)C(F)(F)C(F)(F)C(F)(F)F)sc2c1CCCCCC2. The van der Waals surface area contributed by atoms with Gasteiger partial charge in [-0.15, -0.1) is 11.3 Å². The van der Waals surface area contributed by atoms with Crippen LogP contribution in [-0.4, -0.2) is 54.3 Å². The lowest BCUT2D eigenvalue weighted by Crippen LogP contribution is -2.71. The molecule has 1 heterocycles. The second-order valence-electron chi connectivity index (χ2n) is 8.17. The smallest absolute Gasteiger partial charge is 0.460 e. The van der Waals surface area contributed by atoms with E-state index in [4.69, 9.17) is 4.74 Å². The molecule has 18 heteroatoms. The van der Waals surface area contributed by atoms with Gasteiger partial charge in [-0.1, -0.05) is 12.8 Å². The molecule has 0 fully saturated rings. The summed E-state index contributed by atoms with van der Waals surface area (Å²) in [6, 6.07) is 0. The van der Waals surface area contributed by atoms with Crippen molar-refractivity contribution in [3.05, 3.63) is 16.0 Å². The molecule has 0 bridgehead atoms. The highest BCUT2D eigenvalue weighted by molar-refractivity contribution is 7.17. The lowest BCUT2D eigenvalue weighted by Gasteiger charge is -2.39. The van der Waals surface area contributed by atoms with Gasteiger partial charge in [-0.2, -0.15) is 57.1 Å². The minimum absolute atomic E-state index is 0.124. The normalized spacial score (nSPS) is 16.4. The highest BCUT2D eigenvalue weighted by atomic mass is 32.1. The van der Waals surface area contributed by atoms with Crippen molar-refractivity contribution in [2.45, 2.75) is 81.2 Å². The van der Waals surface area contributed by atoms with Crippen LogP contribution in [0.4, 0.5) is 62.1 Å². The van der Waals surface area contributed by atoms with Gasteiger partial charge < -0.3 is 10.1 Å². The molecular weight excluding hydrogens is 581 g/mol. The van der Waals surface area contributed by atoms with Crippen LogP contribution in [0.15, 0.2) is 0 Å². The molecule has 1 amide bonds. The average Bonchev–Trinajstić information content (AvgIpc) is 3.08. The molecule has 0 spiro atoms. The molecule has 0 radical (unpaired) electrons. The van der Waals surface area contributed by atoms with Gasteiger partial charge in [0, 0.05) is 4.88 Å². The van der Waals surface area contributed by atoms with Crippen molar-refractivity contribution in [3.8, 4) is 0 Å². The summed E-state index contributed by atoms with van der Waals surface area (Å²) in [5, 5.41) is 0.137. The monoisotopic (exact) mass is 599 g/mol. The molecule has 2 rings (SSSR count). The minimum atomic E-state index is -8.12. The maximum absolute atomic E-state index is 14.3. The second-order valence-corrected chi connectivity index (χ2v) is 9.27. The van der Waals surface area contributed by atoms with Gasteiger partial charge >= 0.3 is 47.7 Å². The average molecular weight is 599 g/mol. The van der Waals surface area contributed by atoms with Crippen molar-refractivity contribution in [1.82, 2.24) is 0 Å². The fourth-order valence-corrected chi connectivity index (χ4v) is 4.79. The quantitative estimate of drug-likeness (QED) is 0.253. The standard InChI is InChI=1S/C20H18F13NO3S/c1-2-37-13(35)11-9-7-5-3-4-6-8-10(9)38-12(11)34-14(36)15(21,22)16(23,24)17(25,26)18(27,28)19(29,30)20(31,32)33/h2-8H2,1H3,(H,34,36). The van der Waals surface area contributed by atoms with Crippen LogP contribution in [0.25, 0.3) is 0 Å². The Balaban J connectivity index is 2.54. The number of halogens is 13. The van der Waals surface area contributed by atoms with Crippen LogP contribution in [0.3, 0.4) is 0 Å². The number of amides is 1. The van der Waals surface area contributed by atoms with E-state index in [0.717, 1.165) is 5.32 Å². The largest absolute Gasteiger partial charge is 0.462 e. The van der Waals surface area contributed by atoms with E-state index in [1.165, 1.54) is 6.92 Å². The van der Waals surface area contributed by atoms with Crippen LogP contribution >= 0.6 is 11.3 Å². The van der Waals surface area contributed by atoms with E-state index in [2.05, 4.69) is 0 Å². The molecule has 4 nitrogen and oxygen atoms in total. The van der Waals surface area contributed by atoms with E-state index in [-0.39, 0.29) is 25.0 Å². The van der Waals surface area contributed by atoms with Crippen molar-refractivity contribution in [2.75, 3.05) is 11.9 Å². The number of hydrogen-bond donors (Lipinski definition) is 1. The second kappa shape index (κ2) is 10.4. The Bertz CT molecular complexity index is 1050. The van der Waals surface area contributed by atoms with Gasteiger partial charge in [0.2, 0.25) is 0 Å². The Morgan fingerprint density at radius 1 is 0.763 bits per heavy atom. The van der Waals surface area contributed by atoms with E-state index >= 15 is 0 Å². The Kier molecular flexibility index (Phi) is 8.72. The third-order valence-electron chi connectivity index (χ3n) is 5.60. The van der Waals surface area contributed by atoms with Crippen LogP contribution in [0, 0.1) is 0 Å². The predicted octanol–water partition coefficient (Wildman–Crippen LogP) is 7.26. The number of thiophene rings is 1. The van der Waals surface area contributed by atoms with Crippen LogP contribution < -0.4 is 5.32 Å². The molecule has 0 saturated heterocycles. The summed E-state index contributed by atoms with van der Waals surface area (Å²) >= 11 is 0.399. The summed E-state index contributed by atoms with van der Waals surface area (Å²) < 4.78 is 178. The number of carbonyl (C=O) groups excluding carboxylic acids is 2. The first-order valence-corrected chi connectivity index (χ1v) is 11.5. The van der Waals surface area contributed by atoms with Crippen LogP contribution in [0.2, 0.25) is 0 Å². The van der Waals surface area contributed by atoms with Gasteiger partial charge in [-0.25, -0.2) is 4.79 Å². The molecule has 218 valence electrons. The maximum Gasteiger partial charge on any atom is 0.460 e. The van der Waals surface area contributed by atoms with Crippen molar-refractivity contribution in [1.29, 1.82) is 0 Å². The number of anilines is 1. The number of rotatable bonds is 8. The molecule has 1 aliphatic carbocycles. The maximum atomic E-state index is 14.3. The fraction of sp³-hybridized carbons (Fsp3) is 0.700. The number of ether oxygens (including phenoxy) is 1. The van der Waals surface area contributed by atoms with Crippen molar-refractivity contribution < 1.29 is 71.4 Å². The Morgan fingerprint density at radius 2 is 1.26 bits per heavy atom. The van der Waals surface area contributed by atoms with Gasteiger partial charge in [0.15, 0.2) is 0 Å². The van der Waals surface area contributed by atoms with Crippen molar-refractivity contribution >= 4 is 28.2 Å². The number of fused-ring (bicyclic) bond motifs is 1. The molecule has 1 aromatic rings. The summed E-state index contributed by atoms with van der Waals surface area (Å²) in [6.07, 6.45) is -4.90. The molecule has 0 unspecified atom stereocenters. The van der Waals surface area contributed by atoms with Crippen molar-refractivity contribution in [2.24, 2.45) is 0 Å². The zero-order chi connectivity index (χ0) is 29.5. The van der Waals surface area contributed by atoms with E-state index in [9.17, 15) is 66.7 Å². The minimum Gasteiger partial charge on any atom is -0.462 e. The van der Waals surface area contributed by atoms with Crippen LogP contribution in [0.5, 0.6) is 0 Å². The first-order valence-electron chi connectivity index (χ1n) is 10.7. The summed E-state index contributed by atoms with van der Waals surface area (Å²) in [7, 11) is 0. The molecule has 1 N–H and O–H groups in total. The number of esters is 1. The van der Waals surface area contributed by atoms with Crippen LogP contribution in [-0.2, 0) is 22.4 Å². The molecule has 0 atom stereocenters. The molecule has 1 aliphatic rings. The van der Waals surface area contributed by atoms with Gasteiger partial charge in [0.25, 0.3) is 0 Å². The Labute approximate surface area is 209 Å². The zero-order valence-electron chi connectivity index (χ0n) is 19.0. The van der Waals surface area contributed by atoms with Crippen LogP contribution in [0.1, 0.15) is 53.4 Å². The molecular formula is C20H18F13NO3S. The van der Waals surface area contributed by atoms with Crippen molar-refractivity contribution in [3.63, 3.8) is 0 Å². The summed E-state index contributed by atoms with van der Waals surface area (Å²) in [5.41, 5.74) is -0.429. The Hall–Kier alpha value is -2.27. The number of hydrogen-bond acceptors (Lipinski definition) is 4. The third-order valence-corrected chi connectivity index (χ3v) is 6.80. The molecule has 0 saturated carbocycles. The van der Waals surface area contributed by atoms with Gasteiger partial charge in [-0.05, 0) is 38.2 Å². The number of carbonyl (C=O) groups is 2. The highest BCUT2D eigenvalue weighted by Gasteiger charge is 2.91. The first kappa shape index (κ1) is 31.9. The van der Waals surface area contributed by atoms with E-state index in [1.807, 2.05) is 0 Å². The van der Waals surface area contributed by atoms with E-state index < -0.39 is 58.2 Å². The number of aryl methyl sites for hydroxylation is 1. The Morgan fingerprint density at radius 3 is 1.76 bits per heavy atom. The summed E-state index contributed by atoms with van der Waals surface area (Å²) in [4.78, 5) is 24.7.